The number of urea groups is 1. The van der Waals surface area contributed by atoms with E-state index in [2.05, 4.69) is 20.8 Å². The smallest absolute Gasteiger partial charge is 0.315 e. The Labute approximate surface area is 117 Å². The van der Waals surface area contributed by atoms with Gasteiger partial charge in [0, 0.05) is 12.7 Å². The zero-order valence-corrected chi connectivity index (χ0v) is 11.6. The summed E-state index contributed by atoms with van der Waals surface area (Å²) in [7, 11) is 3.88. The summed E-state index contributed by atoms with van der Waals surface area (Å²) in [6.45, 7) is 0.883. The first kappa shape index (κ1) is 14.1. The van der Waals surface area contributed by atoms with Crippen molar-refractivity contribution in [1.29, 1.82) is 0 Å². The van der Waals surface area contributed by atoms with Crippen molar-refractivity contribution in [2.75, 3.05) is 20.6 Å². The first-order valence-corrected chi connectivity index (χ1v) is 6.36. The van der Waals surface area contributed by atoms with Gasteiger partial charge in [-0.15, -0.1) is 0 Å². The lowest BCUT2D eigenvalue weighted by atomic mass is 10.2. The fourth-order valence-corrected chi connectivity index (χ4v) is 1.83. The Bertz CT molecular complexity index is 507. The molecule has 0 fully saturated rings. The molecule has 7 nitrogen and oxygen atoms in total. The van der Waals surface area contributed by atoms with E-state index in [0.717, 1.165) is 11.5 Å². The summed E-state index contributed by atoms with van der Waals surface area (Å²) in [5.41, 5.74) is 0.857. The second kappa shape index (κ2) is 6.76. The molecule has 108 valence electrons. The van der Waals surface area contributed by atoms with Crippen LogP contribution in [0, 0.1) is 0 Å². The second-order valence-corrected chi connectivity index (χ2v) is 4.64. The van der Waals surface area contributed by atoms with Gasteiger partial charge in [0.05, 0.1) is 24.5 Å². The largest absolute Gasteiger partial charge is 0.468 e. The van der Waals surface area contributed by atoms with E-state index in [1.807, 2.05) is 37.2 Å². The van der Waals surface area contributed by atoms with Gasteiger partial charge in [-0.1, -0.05) is 0 Å². The molecule has 0 unspecified atom stereocenters. The minimum Gasteiger partial charge on any atom is -0.468 e. The number of aromatic nitrogens is 2. The van der Waals surface area contributed by atoms with Gasteiger partial charge in [0.1, 0.15) is 5.76 Å². The molecule has 1 atom stereocenters. The quantitative estimate of drug-likeness (QED) is 0.738. The van der Waals surface area contributed by atoms with E-state index in [1.165, 1.54) is 0 Å². The Morgan fingerprint density at radius 1 is 1.45 bits per heavy atom. The Hall–Kier alpha value is -2.28. The van der Waals surface area contributed by atoms with Crippen molar-refractivity contribution in [2.24, 2.45) is 0 Å². The van der Waals surface area contributed by atoms with E-state index in [9.17, 15) is 4.79 Å². The van der Waals surface area contributed by atoms with Gasteiger partial charge in [0.2, 0.25) is 0 Å². The van der Waals surface area contributed by atoms with E-state index in [-0.39, 0.29) is 12.1 Å². The molecule has 2 aromatic heterocycles. The van der Waals surface area contributed by atoms with E-state index in [1.54, 1.807) is 12.5 Å². The van der Waals surface area contributed by atoms with E-state index in [0.29, 0.717) is 13.1 Å². The minimum atomic E-state index is -0.224. The molecule has 2 amide bonds. The van der Waals surface area contributed by atoms with Crippen molar-refractivity contribution in [3.05, 3.63) is 42.1 Å². The summed E-state index contributed by atoms with van der Waals surface area (Å²) in [5.74, 6) is 0.823. The summed E-state index contributed by atoms with van der Waals surface area (Å²) in [5, 5.41) is 12.2. The first-order chi connectivity index (χ1) is 9.66. The number of likely N-dealkylation sites (N-methyl/N-ethyl adjacent to an activating group) is 1. The molecule has 7 heteroatoms. The second-order valence-electron chi connectivity index (χ2n) is 4.64. The standard InChI is InChI=1S/C13H19N5O2/c1-18(2)11(12-4-3-7-20-12)9-15-13(19)14-8-10-5-6-16-17-10/h3-7,11H,8-9H2,1-2H3,(H,16,17)(H2,14,15,19)/t11-/m0/s1. The Morgan fingerprint density at radius 3 is 2.90 bits per heavy atom. The number of hydrogen-bond acceptors (Lipinski definition) is 4. The number of hydrogen-bond donors (Lipinski definition) is 3. The lowest BCUT2D eigenvalue weighted by Crippen LogP contribution is -2.40. The molecular weight excluding hydrogens is 258 g/mol. The van der Waals surface area contributed by atoms with Gasteiger partial charge >= 0.3 is 6.03 Å². The summed E-state index contributed by atoms with van der Waals surface area (Å²) >= 11 is 0. The highest BCUT2D eigenvalue weighted by atomic mass is 16.3. The van der Waals surface area contributed by atoms with Crippen molar-refractivity contribution in [3.8, 4) is 0 Å². The van der Waals surface area contributed by atoms with Crippen LogP contribution >= 0.6 is 0 Å². The van der Waals surface area contributed by atoms with Crippen molar-refractivity contribution >= 4 is 6.03 Å². The monoisotopic (exact) mass is 277 g/mol. The van der Waals surface area contributed by atoms with Crippen LogP contribution in [0.2, 0.25) is 0 Å². The zero-order chi connectivity index (χ0) is 14.4. The highest BCUT2D eigenvalue weighted by molar-refractivity contribution is 5.73. The Kier molecular flexibility index (Phi) is 4.78. The average molecular weight is 277 g/mol. The molecule has 0 aliphatic rings. The molecule has 0 aromatic carbocycles. The van der Waals surface area contributed by atoms with Crippen LogP contribution in [-0.4, -0.2) is 41.8 Å². The molecule has 0 saturated heterocycles. The Morgan fingerprint density at radius 2 is 2.30 bits per heavy atom. The maximum Gasteiger partial charge on any atom is 0.315 e. The van der Waals surface area contributed by atoms with Crippen molar-refractivity contribution in [3.63, 3.8) is 0 Å². The average Bonchev–Trinajstić information content (AvgIpc) is 3.09. The maximum atomic E-state index is 11.7. The lowest BCUT2D eigenvalue weighted by molar-refractivity contribution is 0.225. The van der Waals surface area contributed by atoms with Gasteiger partial charge in [-0.3, -0.25) is 10.00 Å². The molecule has 2 rings (SSSR count). The molecule has 0 saturated carbocycles. The van der Waals surface area contributed by atoms with Crippen LogP contribution in [0.3, 0.4) is 0 Å². The zero-order valence-electron chi connectivity index (χ0n) is 11.6. The predicted molar refractivity (Wildman–Crippen MR) is 74.0 cm³/mol. The first-order valence-electron chi connectivity index (χ1n) is 6.36. The van der Waals surface area contributed by atoms with Gasteiger partial charge < -0.3 is 15.1 Å². The third-order valence-electron chi connectivity index (χ3n) is 2.95. The van der Waals surface area contributed by atoms with Crippen LogP contribution in [0.25, 0.3) is 0 Å². The highest BCUT2D eigenvalue weighted by Gasteiger charge is 2.17. The summed E-state index contributed by atoms with van der Waals surface area (Å²) in [4.78, 5) is 13.7. The van der Waals surface area contributed by atoms with Gasteiger partial charge in [-0.2, -0.15) is 5.10 Å². The number of H-pyrrole nitrogens is 1. The molecule has 0 radical (unpaired) electrons. The molecule has 0 aliphatic heterocycles. The molecule has 2 aromatic rings. The number of carbonyl (C=O) groups is 1. The SMILES string of the molecule is CN(C)[C@@H](CNC(=O)NCc1ccn[nH]1)c1ccco1. The number of furan rings is 1. The number of nitrogens with one attached hydrogen (secondary N) is 3. The van der Waals surface area contributed by atoms with Crippen LogP contribution in [-0.2, 0) is 6.54 Å². The van der Waals surface area contributed by atoms with Crippen LogP contribution in [0.4, 0.5) is 4.79 Å². The molecule has 2 heterocycles. The number of rotatable bonds is 6. The molecular formula is C13H19N5O2. The molecule has 0 bridgehead atoms. The third kappa shape index (κ3) is 3.86. The molecule has 0 aliphatic carbocycles. The normalized spacial score (nSPS) is 12.3. The highest BCUT2D eigenvalue weighted by Crippen LogP contribution is 2.17. The fourth-order valence-electron chi connectivity index (χ4n) is 1.83. The Balaban J connectivity index is 1.79. The maximum absolute atomic E-state index is 11.7. The van der Waals surface area contributed by atoms with Crippen LogP contribution in [0.15, 0.2) is 35.1 Å². The number of carbonyl (C=O) groups excluding carboxylic acids is 1. The fraction of sp³-hybridized carbons (Fsp3) is 0.385. The van der Waals surface area contributed by atoms with E-state index < -0.39 is 0 Å². The van der Waals surface area contributed by atoms with Crippen LogP contribution in [0.1, 0.15) is 17.5 Å². The summed E-state index contributed by atoms with van der Waals surface area (Å²) in [6.07, 6.45) is 3.28. The van der Waals surface area contributed by atoms with Crippen LogP contribution in [0.5, 0.6) is 0 Å². The number of aromatic amines is 1. The summed E-state index contributed by atoms with van der Waals surface area (Å²) < 4.78 is 5.38. The number of amides is 2. The topological polar surface area (TPSA) is 86.2 Å². The predicted octanol–water partition coefficient (Wildman–Crippen LogP) is 1.10. The molecule has 0 spiro atoms. The van der Waals surface area contributed by atoms with Gasteiger partial charge in [0.25, 0.3) is 0 Å². The lowest BCUT2D eigenvalue weighted by Gasteiger charge is -2.22. The minimum absolute atomic E-state index is 0.00269. The van der Waals surface area contributed by atoms with E-state index in [4.69, 9.17) is 4.42 Å². The van der Waals surface area contributed by atoms with Crippen molar-refractivity contribution in [2.45, 2.75) is 12.6 Å². The van der Waals surface area contributed by atoms with E-state index >= 15 is 0 Å². The van der Waals surface area contributed by atoms with Gasteiger partial charge in [-0.25, -0.2) is 4.79 Å². The third-order valence-corrected chi connectivity index (χ3v) is 2.95. The molecule has 20 heavy (non-hydrogen) atoms. The van der Waals surface area contributed by atoms with Crippen molar-refractivity contribution < 1.29 is 9.21 Å². The number of nitrogens with zero attached hydrogens (tertiary/aromatic N) is 2. The van der Waals surface area contributed by atoms with Crippen LogP contribution < -0.4 is 10.6 Å². The van der Waals surface area contributed by atoms with Gasteiger partial charge in [-0.05, 0) is 32.3 Å². The molecule has 3 N–H and O–H groups in total. The van der Waals surface area contributed by atoms with Crippen molar-refractivity contribution in [1.82, 2.24) is 25.7 Å². The van der Waals surface area contributed by atoms with Gasteiger partial charge in [0.15, 0.2) is 0 Å². The summed E-state index contributed by atoms with van der Waals surface area (Å²) in [6, 6.07) is 5.32.